The molecule has 1 aromatic heterocycles. The second kappa shape index (κ2) is 11.5. The third-order valence-corrected chi connectivity index (χ3v) is 8.82. The Labute approximate surface area is 194 Å². The van der Waals surface area contributed by atoms with Crippen LogP contribution >= 0.6 is 22.9 Å². The number of aryl methyl sites for hydroxylation is 1. The topological polar surface area (TPSA) is 72.5 Å². The van der Waals surface area contributed by atoms with Crippen molar-refractivity contribution < 1.29 is 17.9 Å². The summed E-state index contributed by atoms with van der Waals surface area (Å²) in [5.41, 5.74) is 0. The fraction of sp³-hybridized carbons (Fsp3) is 0.522. The summed E-state index contributed by atoms with van der Waals surface area (Å²) in [7, 11) is -2.26. The maximum absolute atomic E-state index is 13.0. The van der Waals surface area contributed by atoms with Crippen molar-refractivity contribution in [2.24, 2.45) is 5.92 Å². The largest absolute Gasteiger partial charge is 0.469 e. The molecule has 0 amide bonds. The highest BCUT2D eigenvalue weighted by Crippen LogP contribution is 2.34. The molecule has 1 aromatic carbocycles. The van der Waals surface area contributed by atoms with Gasteiger partial charge in [0.25, 0.3) is 0 Å². The number of carbonyl (C=O) groups excluding carboxylic acids is 1. The summed E-state index contributed by atoms with van der Waals surface area (Å²) < 4.78 is 33.6. The van der Waals surface area contributed by atoms with Gasteiger partial charge in [-0.25, -0.2) is 13.1 Å². The second-order valence-corrected chi connectivity index (χ2v) is 11.4. The molecule has 31 heavy (non-hydrogen) atoms. The number of esters is 1. The molecule has 1 heterocycles. The molecule has 1 aliphatic carbocycles. The van der Waals surface area contributed by atoms with Crippen LogP contribution in [0.1, 0.15) is 67.2 Å². The molecule has 1 N–H and O–H groups in total. The van der Waals surface area contributed by atoms with E-state index in [1.807, 2.05) is 12.1 Å². The first-order valence-electron chi connectivity index (χ1n) is 10.8. The predicted octanol–water partition coefficient (Wildman–Crippen LogP) is 5.89. The first kappa shape index (κ1) is 24.2. The van der Waals surface area contributed by atoms with Gasteiger partial charge in [0.1, 0.15) is 0 Å². The van der Waals surface area contributed by atoms with Gasteiger partial charge in [-0.2, -0.15) is 0 Å². The van der Waals surface area contributed by atoms with Gasteiger partial charge in [-0.3, -0.25) is 4.79 Å². The Bertz CT molecular complexity index is 950. The van der Waals surface area contributed by atoms with Crippen LogP contribution in [0.3, 0.4) is 0 Å². The Balaban J connectivity index is 1.71. The molecule has 1 aliphatic rings. The molecule has 3 rings (SSSR count). The SMILES string of the molecule is COC(=O)CCCc1ccc(C(CCC2CCCC2)NS(=O)(=O)c2ccc(Cl)cc2)s1. The molecule has 1 saturated carbocycles. The summed E-state index contributed by atoms with van der Waals surface area (Å²) in [5, 5.41) is 0.506. The number of thiophene rings is 1. The Hall–Kier alpha value is -1.41. The number of hydrogen-bond donors (Lipinski definition) is 1. The average Bonchev–Trinajstić information content (AvgIpc) is 3.43. The normalized spacial score (nSPS) is 15.8. The number of hydrogen-bond acceptors (Lipinski definition) is 5. The summed E-state index contributed by atoms with van der Waals surface area (Å²) in [4.78, 5) is 13.7. The molecule has 1 atom stereocenters. The molecule has 1 fully saturated rings. The van der Waals surface area contributed by atoms with Crippen LogP contribution in [0.2, 0.25) is 5.02 Å². The van der Waals surface area contributed by atoms with Crippen LogP contribution in [0.5, 0.6) is 0 Å². The number of rotatable bonds is 11. The zero-order valence-electron chi connectivity index (χ0n) is 17.8. The molecule has 0 radical (unpaired) electrons. The van der Waals surface area contributed by atoms with E-state index in [9.17, 15) is 13.2 Å². The molecule has 8 heteroatoms. The van der Waals surface area contributed by atoms with Gasteiger partial charge < -0.3 is 4.74 Å². The van der Waals surface area contributed by atoms with Gasteiger partial charge in [-0.05, 0) is 68.0 Å². The van der Waals surface area contributed by atoms with Gasteiger partial charge in [-0.15, -0.1) is 11.3 Å². The Morgan fingerprint density at radius 3 is 2.58 bits per heavy atom. The van der Waals surface area contributed by atoms with Crippen molar-refractivity contribution in [2.75, 3.05) is 7.11 Å². The minimum Gasteiger partial charge on any atom is -0.469 e. The molecular formula is C23H30ClNO4S2. The zero-order valence-corrected chi connectivity index (χ0v) is 20.2. The van der Waals surface area contributed by atoms with Crippen LogP contribution in [0.25, 0.3) is 0 Å². The highest BCUT2D eigenvalue weighted by atomic mass is 35.5. The lowest BCUT2D eigenvalue weighted by Crippen LogP contribution is -2.28. The minimum absolute atomic E-state index is 0.207. The number of benzene rings is 1. The summed E-state index contributed by atoms with van der Waals surface area (Å²) in [6, 6.07) is 10.0. The van der Waals surface area contributed by atoms with Crippen molar-refractivity contribution >= 4 is 38.9 Å². The Morgan fingerprint density at radius 2 is 1.90 bits per heavy atom. The van der Waals surface area contributed by atoms with Crippen LogP contribution in [0.15, 0.2) is 41.3 Å². The van der Waals surface area contributed by atoms with Gasteiger partial charge in [0.15, 0.2) is 0 Å². The van der Waals surface area contributed by atoms with Gasteiger partial charge in [0, 0.05) is 21.2 Å². The zero-order chi connectivity index (χ0) is 22.3. The summed E-state index contributed by atoms with van der Waals surface area (Å²) in [6.07, 6.45) is 8.69. The van der Waals surface area contributed by atoms with Gasteiger partial charge >= 0.3 is 5.97 Å². The molecule has 170 valence electrons. The van der Waals surface area contributed by atoms with Crippen LogP contribution in [-0.2, 0) is 26.0 Å². The van der Waals surface area contributed by atoms with E-state index in [0.717, 1.165) is 35.4 Å². The molecule has 5 nitrogen and oxygen atoms in total. The molecule has 0 spiro atoms. The van der Waals surface area contributed by atoms with Crippen molar-refractivity contribution in [3.05, 3.63) is 51.2 Å². The number of nitrogens with one attached hydrogen (secondary N) is 1. The monoisotopic (exact) mass is 483 g/mol. The first-order valence-corrected chi connectivity index (χ1v) is 13.5. The number of sulfonamides is 1. The van der Waals surface area contributed by atoms with E-state index < -0.39 is 10.0 Å². The predicted molar refractivity (Wildman–Crippen MR) is 125 cm³/mol. The van der Waals surface area contributed by atoms with E-state index in [4.69, 9.17) is 16.3 Å². The van der Waals surface area contributed by atoms with Gasteiger partial charge in [-0.1, -0.05) is 37.3 Å². The molecule has 0 bridgehead atoms. The third kappa shape index (κ3) is 7.31. The molecule has 0 aliphatic heterocycles. The first-order chi connectivity index (χ1) is 14.9. The van der Waals surface area contributed by atoms with Crippen molar-refractivity contribution in [1.29, 1.82) is 0 Å². The lowest BCUT2D eigenvalue weighted by atomic mass is 9.98. The number of ether oxygens (including phenoxy) is 1. The maximum atomic E-state index is 13.0. The van der Waals surface area contributed by atoms with Crippen LogP contribution in [-0.4, -0.2) is 21.5 Å². The summed E-state index contributed by atoms with van der Waals surface area (Å²) >= 11 is 7.54. The van der Waals surface area contributed by atoms with Crippen molar-refractivity contribution in [3.8, 4) is 0 Å². The molecule has 1 unspecified atom stereocenters. The summed E-state index contributed by atoms with van der Waals surface area (Å²) in [6.45, 7) is 0. The fourth-order valence-corrected chi connectivity index (χ4v) is 6.65. The Morgan fingerprint density at radius 1 is 1.19 bits per heavy atom. The molecule has 0 saturated heterocycles. The third-order valence-electron chi connectivity index (χ3n) is 5.82. The Kier molecular flexibility index (Phi) is 8.95. The van der Waals surface area contributed by atoms with Gasteiger partial charge in [0.2, 0.25) is 10.0 Å². The highest BCUT2D eigenvalue weighted by molar-refractivity contribution is 7.89. The quantitative estimate of drug-likeness (QED) is 0.404. The van der Waals surface area contributed by atoms with Crippen LogP contribution in [0.4, 0.5) is 0 Å². The van der Waals surface area contributed by atoms with Crippen molar-refractivity contribution in [1.82, 2.24) is 4.72 Å². The minimum atomic E-state index is -3.66. The van der Waals surface area contributed by atoms with E-state index in [-0.39, 0.29) is 16.9 Å². The van der Waals surface area contributed by atoms with E-state index in [0.29, 0.717) is 17.4 Å². The highest BCUT2D eigenvalue weighted by Gasteiger charge is 2.25. The lowest BCUT2D eigenvalue weighted by molar-refractivity contribution is -0.140. The number of methoxy groups -OCH3 is 1. The smallest absolute Gasteiger partial charge is 0.305 e. The van der Waals surface area contributed by atoms with E-state index in [1.54, 1.807) is 23.5 Å². The summed E-state index contributed by atoms with van der Waals surface area (Å²) in [5.74, 6) is 0.476. The van der Waals surface area contributed by atoms with E-state index >= 15 is 0 Å². The molecular weight excluding hydrogens is 454 g/mol. The number of carbonyl (C=O) groups is 1. The second-order valence-electron chi connectivity index (χ2n) is 8.09. The fourth-order valence-electron chi connectivity index (χ4n) is 4.05. The standard InChI is InChI=1S/C23H30ClNO4S2/c1-29-23(26)8-4-7-19-12-16-22(30-19)21(15-9-17-5-2-3-6-17)25-31(27,28)20-13-10-18(24)11-14-20/h10-14,16-17,21,25H,2-9,15H2,1H3. The van der Waals surface area contributed by atoms with Gasteiger partial charge in [0.05, 0.1) is 18.0 Å². The van der Waals surface area contributed by atoms with E-state index in [1.165, 1.54) is 44.9 Å². The molecule has 2 aromatic rings. The van der Waals surface area contributed by atoms with Crippen LogP contribution < -0.4 is 4.72 Å². The maximum Gasteiger partial charge on any atom is 0.305 e. The average molecular weight is 484 g/mol. The number of halogens is 1. The van der Waals surface area contributed by atoms with E-state index in [2.05, 4.69) is 4.72 Å². The lowest BCUT2D eigenvalue weighted by Gasteiger charge is -2.20. The van der Waals surface area contributed by atoms with Crippen molar-refractivity contribution in [2.45, 2.75) is 68.7 Å². The van der Waals surface area contributed by atoms with Crippen molar-refractivity contribution in [3.63, 3.8) is 0 Å². The van der Waals surface area contributed by atoms with Crippen LogP contribution in [0, 0.1) is 5.92 Å².